The lowest BCUT2D eigenvalue weighted by Gasteiger charge is -2.41. The number of hydrogen-bond donors (Lipinski definition) is 0. The van der Waals surface area contributed by atoms with Crippen LogP contribution in [0.1, 0.15) is 70.3 Å². The first-order valence-corrected chi connectivity index (χ1v) is 10.3. The fraction of sp³-hybridized carbons (Fsp3) is 0.583. The van der Waals surface area contributed by atoms with Gasteiger partial charge in [0.1, 0.15) is 12.4 Å². The van der Waals surface area contributed by atoms with Crippen LogP contribution in [-0.2, 0) is 0 Å². The van der Waals surface area contributed by atoms with Gasteiger partial charge in [0.2, 0.25) is 0 Å². The van der Waals surface area contributed by atoms with E-state index in [1.165, 1.54) is 50.5 Å². The maximum atomic E-state index is 5.73. The highest BCUT2D eigenvalue weighted by Crippen LogP contribution is 2.47. The zero-order valence-corrected chi connectivity index (χ0v) is 16.0. The van der Waals surface area contributed by atoms with Gasteiger partial charge in [0.25, 0.3) is 0 Å². The van der Waals surface area contributed by atoms with Crippen LogP contribution in [0.5, 0.6) is 5.75 Å². The maximum absolute atomic E-state index is 5.73. The summed E-state index contributed by atoms with van der Waals surface area (Å²) in [5, 5.41) is 0. The third-order valence-corrected chi connectivity index (χ3v) is 6.23. The monoisotopic (exact) mass is 338 g/mol. The molecular formula is C24H34O. The number of benzene rings is 1. The fourth-order valence-electron chi connectivity index (χ4n) is 4.81. The van der Waals surface area contributed by atoms with Crippen LogP contribution in [0.4, 0.5) is 0 Å². The molecule has 0 aliphatic heterocycles. The van der Waals surface area contributed by atoms with Crippen LogP contribution in [-0.4, -0.2) is 6.61 Å². The van der Waals surface area contributed by atoms with E-state index in [2.05, 4.69) is 43.3 Å². The molecule has 1 nitrogen and oxygen atoms in total. The molecule has 4 unspecified atom stereocenters. The Kier molecular flexibility index (Phi) is 6.78. The third-order valence-electron chi connectivity index (χ3n) is 6.23. The Morgan fingerprint density at radius 3 is 2.48 bits per heavy atom. The number of fused-ring (bicyclic) bond motifs is 1. The van der Waals surface area contributed by atoms with Crippen LogP contribution in [0, 0.1) is 17.8 Å². The number of allylic oxidation sites excluding steroid dienone is 3. The van der Waals surface area contributed by atoms with Gasteiger partial charge in [-0.05, 0) is 93.2 Å². The molecule has 0 aromatic heterocycles. The Labute approximate surface area is 154 Å². The van der Waals surface area contributed by atoms with Gasteiger partial charge in [0, 0.05) is 0 Å². The second-order valence-corrected chi connectivity index (χ2v) is 7.89. The molecule has 25 heavy (non-hydrogen) atoms. The van der Waals surface area contributed by atoms with Crippen LogP contribution in [0.25, 0.3) is 0 Å². The summed E-state index contributed by atoms with van der Waals surface area (Å²) < 4.78 is 5.73. The number of hydrogen-bond acceptors (Lipinski definition) is 1. The SMILES string of the molecule is CC=CCOc1ccc(C2CCC3CC(C=CCC)CCC3C2)cc1. The molecule has 3 rings (SSSR count). The van der Waals surface area contributed by atoms with E-state index < -0.39 is 0 Å². The fourth-order valence-corrected chi connectivity index (χ4v) is 4.81. The molecule has 0 bridgehead atoms. The summed E-state index contributed by atoms with van der Waals surface area (Å²) in [7, 11) is 0. The van der Waals surface area contributed by atoms with Crippen molar-refractivity contribution in [3.05, 3.63) is 54.1 Å². The lowest BCUT2D eigenvalue weighted by atomic mass is 9.64. The average Bonchev–Trinajstić information content (AvgIpc) is 2.66. The molecule has 4 atom stereocenters. The van der Waals surface area contributed by atoms with Gasteiger partial charge in [-0.2, -0.15) is 0 Å². The number of ether oxygens (including phenoxy) is 1. The van der Waals surface area contributed by atoms with Gasteiger partial charge in [-0.1, -0.05) is 43.4 Å². The minimum absolute atomic E-state index is 0.663. The van der Waals surface area contributed by atoms with Crippen LogP contribution in [0.3, 0.4) is 0 Å². The highest BCUT2D eigenvalue weighted by molar-refractivity contribution is 5.30. The van der Waals surface area contributed by atoms with E-state index in [1.807, 2.05) is 19.1 Å². The molecule has 2 aliphatic rings. The van der Waals surface area contributed by atoms with Crippen LogP contribution in [0.15, 0.2) is 48.6 Å². The molecule has 2 saturated carbocycles. The number of rotatable bonds is 6. The highest BCUT2D eigenvalue weighted by atomic mass is 16.5. The van der Waals surface area contributed by atoms with Gasteiger partial charge in [-0.15, -0.1) is 0 Å². The van der Waals surface area contributed by atoms with Crippen molar-refractivity contribution >= 4 is 0 Å². The third kappa shape index (κ3) is 5.00. The Hall–Kier alpha value is -1.50. The van der Waals surface area contributed by atoms with Crippen molar-refractivity contribution in [2.45, 2.75) is 64.7 Å². The van der Waals surface area contributed by atoms with E-state index >= 15 is 0 Å². The van der Waals surface area contributed by atoms with Gasteiger partial charge in [-0.3, -0.25) is 0 Å². The predicted octanol–water partition coefficient (Wildman–Crippen LogP) is 6.91. The van der Waals surface area contributed by atoms with Crippen molar-refractivity contribution in [1.29, 1.82) is 0 Å². The summed E-state index contributed by atoms with van der Waals surface area (Å²) in [6.45, 7) is 4.93. The van der Waals surface area contributed by atoms with E-state index in [9.17, 15) is 0 Å². The normalized spacial score (nSPS) is 29.8. The maximum Gasteiger partial charge on any atom is 0.119 e. The Bertz CT molecular complexity index is 568. The van der Waals surface area contributed by atoms with E-state index in [0.717, 1.165) is 29.4 Å². The first kappa shape index (κ1) is 18.3. The smallest absolute Gasteiger partial charge is 0.119 e. The van der Waals surface area contributed by atoms with Gasteiger partial charge in [-0.25, -0.2) is 0 Å². The molecule has 1 heteroatoms. The molecule has 136 valence electrons. The van der Waals surface area contributed by atoms with Crippen LogP contribution < -0.4 is 4.74 Å². The Balaban J connectivity index is 1.53. The predicted molar refractivity (Wildman–Crippen MR) is 107 cm³/mol. The summed E-state index contributed by atoms with van der Waals surface area (Å²) in [6.07, 6.45) is 18.6. The van der Waals surface area contributed by atoms with E-state index in [4.69, 9.17) is 4.74 Å². The van der Waals surface area contributed by atoms with Gasteiger partial charge >= 0.3 is 0 Å². The van der Waals surface area contributed by atoms with Crippen molar-refractivity contribution in [1.82, 2.24) is 0 Å². The van der Waals surface area contributed by atoms with E-state index in [0.29, 0.717) is 6.61 Å². The summed E-state index contributed by atoms with van der Waals surface area (Å²) >= 11 is 0. The van der Waals surface area contributed by atoms with Gasteiger partial charge in [0.05, 0.1) is 0 Å². The van der Waals surface area contributed by atoms with E-state index in [-0.39, 0.29) is 0 Å². The molecular weight excluding hydrogens is 304 g/mol. The lowest BCUT2D eigenvalue weighted by Crippen LogP contribution is -2.30. The zero-order chi connectivity index (χ0) is 17.5. The summed E-state index contributed by atoms with van der Waals surface area (Å²) in [4.78, 5) is 0. The molecule has 2 fully saturated rings. The van der Waals surface area contributed by atoms with Crippen molar-refractivity contribution in [3.8, 4) is 5.75 Å². The molecule has 1 aromatic carbocycles. The van der Waals surface area contributed by atoms with Crippen molar-refractivity contribution < 1.29 is 4.74 Å². The Morgan fingerprint density at radius 1 is 0.960 bits per heavy atom. The highest BCUT2D eigenvalue weighted by Gasteiger charge is 2.35. The molecule has 2 aliphatic carbocycles. The Morgan fingerprint density at radius 2 is 1.72 bits per heavy atom. The van der Waals surface area contributed by atoms with Crippen molar-refractivity contribution in [2.24, 2.45) is 17.8 Å². The first-order valence-electron chi connectivity index (χ1n) is 10.3. The zero-order valence-electron chi connectivity index (χ0n) is 16.0. The second kappa shape index (κ2) is 9.27. The summed E-state index contributed by atoms with van der Waals surface area (Å²) in [6, 6.07) is 8.89. The van der Waals surface area contributed by atoms with Crippen molar-refractivity contribution in [3.63, 3.8) is 0 Å². The molecule has 0 saturated heterocycles. The summed E-state index contributed by atoms with van der Waals surface area (Å²) in [5.74, 6) is 4.52. The molecule has 0 heterocycles. The van der Waals surface area contributed by atoms with Crippen molar-refractivity contribution in [2.75, 3.05) is 6.61 Å². The van der Waals surface area contributed by atoms with Crippen LogP contribution >= 0.6 is 0 Å². The molecule has 0 amide bonds. The molecule has 1 aromatic rings. The lowest BCUT2D eigenvalue weighted by molar-refractivity contribution is 0.133. The first-order chi connectivity index (χ1) is 12.3. The van der Waals surface area contributed by atoms with Crippen LogP contribution in [0.2, 0.25) is 0 Å². The summed E-state index contributed by atoms with van der Waals surface area (Å²) in [5.41, 5.74) is 1.52. The van der Waals surface area contributed by atoms with E-state index in [1.54, 1.807) is 0 Å². The molecule has 0 N–H and O–H groups in total. The minimum Gasteiger partial charge on any atom is -0.490 e. The standard InChI is InChI=1S/C24H34O/c1-3-5-7-19-8-9-23-18-22(11-10-21(23)17-19)20-12-14-24(15-13-20)25-16-6-4-2/h4-7,12-15,19,21-23H,3,8-11,16-18H2,1-2H3. The minimum atomic E-state index is 0.663. The largest absolute Gasteiger partial charge is 0.490 e. The molecule has 0 radical (unpaired) electrons. The quantitative estimate of drug-likeness (QED) is 0.512. The average molecular weight is 339 g/mol. The van der Waals surface area contributed by atoms with Gasteiger partial charge < -0.3 is 4.74 Å². The van der Waals surface area contributed by atoms with Gasteiger partial charge in [0.15, 0.2) is 0 Å². The second-order valence-electron chi connectivity index (χ2n) is 7.89. The topological polar surface area (TPSA) is 9.23 Å². The molecule has 0 spiro atoms.